The SMILES string of the molecule is CCc1ccccc1NC(=O)C(=O)c1cn(CC(=O)N2CCCCCC2)c2ccccc12. The fourth-order valence-corrected chi connectivity index (χ4v) is 4.38. The van der Waals surface area contributed by atoms with Crippen LogP contribution in [0.2, 0.25) is 0 Å². The monoisotopic (exact) mass is 431 g/mol. The van der Waals surface area contributed by atoms with Crippen molar-refractivity contribution in [3.05, 3.63) is 65.9 Å². The molecule has 1 fully saturated rings. The first-order valence-corrected chi connectivity index (χ1v) is 11.4. The standard InChI is InChI=1S/C26H29N3O3/c1-2-19-11-5-7-13-22(19)27-26(32)25(31)21-17-29(23-14-8-6-12-20(21)23)18-24(30)28-15-9-3-4-10-16-28/h5-8,11-14,17H,2-4,9-10,15-16,18H2,1H3,(H,27,32). The van der Waals surface area contributed by atoms with Gasteiger partial charge < -0.3 is 14.8 Å². The smallest absolute Gasteiger partial charge is 0.296 e. The van der Waals surface area contributed by atoms with Crippen LogP contribution in [0.15, 0.2) is 54.7 Å². The number of likely N-dealkylation sites (tertiary alicyclic amines) is 1. The normalized spacial score (nSPS) is 14.2. The first kappa shape index (κ1) is 21.8. The maximum atomic E-state index is 13.1. The third-order valence-electron chi connectivity index (χ3n) is 6.15. The minimum atomic E-state index is -0.673. The van der Waals surface area contributed by atoms with Crippen molar-refractivity contribution in [2.75, 3.05) is 18.4 Å². The van der Waals surface area contributed by atoms with E-state index in [1.165, 1.54) is 0 Å². The zero-order valence-corrected chi connectivity index (χ0v) is 18.5. The van der Waals surface area contributed by atoms with E-state index in [1.807, 2.05) is 54.3 Å². The highest BCUT2D eigenvalue weighted by Crippen LogP contribution is 2.23. The van der Waals surface area contributed by atoms with Crippen molar-refractivity contribution in [3.8, 4) is 0 Å². The predicted octanol–water partition coefficient (Wildman–Crippen LogP) is 4.43. The van der Waals surface area contributed by atoms with Gasteiger partial charge >= 0.3 is 0 Å². The van der Waals surface area contributed by atoms with Crippen LogP contribution < -0.4 is 5.32 Å². The molecule has 1 saturated heterocycles. The van der Waals surface area contributed by atoms with Crippen molar-refractivity contribution in [2.24, 2.45) is 0 Å². The van der Waals surface area contributed by atoms with E-state index in [0.29, 0.717) is 16.6 Å². The van der Waals surface area contributed by atoms with Gasteiger partial charge in [-0.15, -0.1) is 0 Å². The van der Waals surface area contributed by atoms with Gasteiger partial charge in [0.25, 0.3) is 11.7 Å². The summed E-state index contributed by atoms with van der Waals surface area (Å²) in [6.45, 7) is 3.72. The second kappa shape index (κ2) is 9.81. The molecule has 3 aromatic rings. The summed E-state index contributed by atoms with van der Waals surface area (Å²) in [4.78, 5) is 40.7. The van der Waals surface area contributed by atoms with Crippen molar-refractivity contribution in [3.63, 3.8) is 0 Å². The van der Waals surface area contributed by atoms with Gasteiger partial charge in [-0.05, 0) is 37.0 Å². The van der Waals surface area contributed by atoms with Crippen LogP contribution in [0.3, 0.4) is 0 Å². The number of anilines is 1. The van der Waals surface area contributed by atoms with Gasteiger partial charge in [0.05, 0.1) is 5.56 Å². The van der Waals surface area contributed by atoms with Gasteiger partial charge in [0.2, 0.25) is 5.91 Å². The molecule has 0 aliphatic carbocycles. The molecule has 1 aliphatic heterocycles. The van der Waals surface area contributed by atoms with E-state index in [2.05, 4.69) is 5.32 Å². The summed E-state index contributed by atoms with van der Waals surface area (Å²) >= 11 is 0. The fourth-order valence-electron chi connectivity index (χ4n) is 4.38. The van der Waals surface area contributed by atoms with E-state index in [1.54, 1.807) is 16.8 Å². The number of nitrogens with zero attached hydrogens (tertiary/aromatic N) is 2. The molecule has 0 bridgehead atoms. The van der Waals surface area contributed by atoms with Crippen molar-refractivity contribution >= 4 is 34.2 Å². The third-order valence-corrected chi connectivity index (χ3v) is 6.15. The lowest BCUT2D eigenvalue weighted by Gasteiger charge is -2.20. The highest BCUT2D eigenvalue weighted by Gasteiger charge is 2.24. The molecule has 1 N–H and O–H groups in total. The second-order valence-corrected chi connectivity index (χ2v) is 8.28. The first-order valence-electron chi connectivity index (χ1n) is 11.4. The van der Waals surface area contributed by atoms with Crippen LogP contribution in [0.1, 0.15) is 48.5 Å². The number of para-hydroxylation sites is 2. The molecular formula is C26H29N3O3. The number of nitrogens with one attached hydrogen (secondary N) is 1. The van der Waals surface area contributed by atoms with Gasteiger partial charge in [0.1, 0.15) is 6.54 Å². The third kappa shape index (κ3) is 4.59. The molecule has 4 rings (SSSR count). The van der Waals surface area contributed by atoms with Crippen molar-refractivity contribution in [2.45, 2.75) is 45.6 Å². The van der Waals surface area contributed by atoms with Crippen LogP contribution in [0.4, 0.5) is 5.69 Å². The Morgan fingerprint density at radius 1 is 0.906 bits per heavy atom. The molecule has 1 aromatic heterocycles. The topological polar surface area (TPSA) is 71.4 Å². The number of Topliss-reactive ketones (excluding diaryl/α,β-unsaturated/α-hetero) is 1. The van der Waals surface area contributed by atoms with E-state index in [9.17, 15) is 14.4 Å². The Morgan fingerprint density at radius 3 is 2.34 bits per heavy atom. The van der Waals surface area contributed by atoms with Crippen molar-refractivity contribution in [1.82, 2.24) is 9.47 Å². The summed E-state index contributed by atoms with van der Waals surface area (Å²) in [6.07, 6.45) is 6.77. The van der Waals surface area contributed by atoms with Crippen LogP contribution in [-0.2, 0) is 22.6 Å². The van der Waals surface area contributed by atoms with Crippen LogP contribution in [0.25, 0.3) is 10.9 Å². The minimum absolute atomic E-state index is 0.0491. The zero-order chi connectivity index (χ0) is 22.5. The molecule has 6 nitrogen and oxygen atoms in total. The van der Waals surface area contributed by atoms with Gasteiger partial charge in [-0.25, -0.2) is 0 Å². The van der Waals surface area contributed by atoms with Crippen LogP contribution in [-0.4, -0.2) is 40.2 Å². The fraction of sp³-hybridized carbons (Fsp3) is 0.346. The Labute approximate surface area is 188 Å². The molecular weight excluding hydrogens is 402 g/mol. The summed E-state index contributed by atoms with van der Waals surface area (Å²) in [5, 5.41) is 3.44. The molecule has 0 saturated carbocycles. The molecule has 2 amide bonds. The van der Waals surface area contributed by atoms with Gasteiger partial charge in [0.15, 0.2) is 0 Å². The zero-order valence-electron chi connectivity index (χ0n) is 18.5. The Morgan fingerprint density at radius 2 is 1.59 bits per heavy atom. The summed E-state index contributed by atoms with van der Waals surface area (Å²) in [5.74, 6) is -1.23. The number of aromatic nitrogens is 1. The number of rotatable bonds is 6. The summed E-state index contributed by atoms with van der Waals surface area (Å²) < 4.78 is 1.79. The van der Waals surface area contributed by atoms with Crippen LogP contribution in [0.5, 0.6) is 0 Å². The van der Waals surface area contributed by atoms with Gasteiger partial charge in [-0.1, -0.05) is 56.2 Å². The van der Waals surface area contributed by atoms with Crippen molar-refractivity contribution < 1.29 is 14.4 Å². The number of hydrogen-bond donors (Lipinski definition) is 1. The Balaban J connectivity index is 1.58. The highest BCUT2D eigenvalue weighted by molar-refractivity contribution is 6.48. The summed E-state index contributed by atoms with van der Waals surface area (Å²) in [5.41, 5.74) is 2.71. The van der Waals surface area contributed by atoms with Crippen LogP contribution in [0, 0.1) is 0 Å². The lowest BCUT2D eigenvalue weighted by Crippen LogP contribution is -2.34. The lowest BCUT2D eigenvalue weighted by atomic mass is 10.1. The Bertz CT molecular complexity index is 1140. The molecule has 166 valence electrons. The van der Waals surface area contributed by atoms with E-state index >= 15 is 0 Å². The molecule has 0 spiro atoms. The van der Waals surface area contributed by atoms with Crippen LogP contribution >= 0.6 is 0 Å². The van der Waals surface area contributed by atoms with E-state index < -0.39 is 11.7 Å². The average molecular weight is 432 g/mol. The number of fused-ring (bicyclic) bond motifs is 1. The van der Waals surface area contributed by atoms with Gasteiger partial charge in [0, 0.05) is 35.9 Å². The minimum Gasteiger partial charge on any atom is -0.341 e. The lowest BCUT2D eigenvalue weighted by molar-refractivity contribution is -0.131. The number of carbonyl (C=O) groups is 3. The molecule has 2 aromatic carbocycles. The Kier molecular flexibility index (Phi) is 6.69. The molecule has 0 atom stereocenters. The largest absolute Gasteiger partial charge is 0.341 e. The Hall–Kier alpha value is -3.41. The molecule has 0 unspecified atom stereocenters. The van der Waals surface area contributed by atoms with Gasteiger partial charge in [-0.3, -0.25) is 14.4 Å². The van der Waals surface area contributed by atoms with E-state index in [-0.39, 0.29) is 12.5 Å². The molecule has 0 radical (unpaired) electrons. The molecule has 2 heterocycles. The average Bonchev–Trinajstić information content (AvgIpc) is 2.98. The maximum Gasteiger partial charge on any atom is 0.296 e. The molecule has 1 aliphatic rings. The number of aryl methyl sites for hydroxylation is 1. The number of amides is 2. The quantitative estimate of drug-likeness (QED) is 0.464. The predicted molar refractivity (Wildman–Crippen MR) is 126 cm³/mol. The van der Waals surface area contributed by atoms with E-state index in [0.717, 1.165) is 56.3 Å². The maximum absolute atomic E-state index is 13.1. The summed E-state index contributed by atoms with van der Waals surface area (Å²) in [6, 6.07) is 14.9. The van der Waals surface area contributed by atoms with Gasteiger partial charge in [-0.2, -0.15) is 0 Å². The number of carbonyl (C=O) groups excluding carboxylic acids is 3. The summed E-state index contributed by atoms with van der Waals surface area (Å²) in [7, 11) is 0. The second-order valence-electron chi connectivity index (χ2n) is 8.28. The number of hydrogen-bond acceptors (Lipinski definition) is 3. The molecule has 32 heavy (non-hydrogen) atoms. The van der Waals surface area contributed by atoms with Crippen molar-refractivity contribution in [1.29, 1.82) is 0 Å². The highest BCUT2D eigenvalue weighted by atomic mass is 16.2. The first-order chi connectivity index (χ1) is 15.6. The number of ketones is 1. The number of benzene rings is 2. The van der Waals surface area contributed by atoms with E-state index in [4.69, 9.17) is 0 Å². The molecule has 6 heteroatoms.